The SMILES string of the molecule is C[n+]1c2ccccc2n2nc3c4ccccc4c4ccccc4c3cc21. The average molecular weight is 334 g/mol. The fourth-order valence-electron chi connectivity index (χ4n) is 4.21. The van der Waals surface area contributed by atoms with Crippen molar-refractivity contribution in [1.29, 1.82) is 0 Å². The van der Waals surface area contributed by atoms with Crippen molar-refractivity contribution in [2.24, 2.45) is 7.05 Å². The van der Waals surface area contributed by atoms with E-state index in [0.717, 1.165) is 16.7 Å². The topological polar surface area (TPSA) is 21.2 Å². The lowest BCUT2D eigenvalue weighted by Crippen LogP contribution is -2.27. The smallest absolute Gasteiger partial charge is 0.224 e. The molecule has 0 unspecified atom stereocenters. The van der Waals surface area contributed by atoms with Crippen LogP contribution in [0.5, 0.6) is 0 Å². The standard InChI is InChI=1S/C23H16N3/c1-25-20-12-6-7-13-21(20)26-22(25)14-19-17-10-3-2-8-15(17)16-9-4-5-11-18(16)23(19)24-26/h2-14H,1H3/q+1. The summed E-state index contributed by atoms with van der Waals surface area (Å²) >= 11 is 0. The normalized spacial score (nSPS) is 12.0. The molecule has 0 bridgehead atoms. The van der Waals surface area contributed by atoms with Gasteiger partial charge in [0.25, 0.3) is 0 Å². The Morgan fingerprint density at radius 1 is 0.692 bits per heavy atom. The van der Waals surface area contributed by atoms with Crippen LogP contribution in [0.3, 0.4) is 0 Å². The zero-order chi connectivity index (χ0) is 17.3. The van der Waals surface area contributed by atoms with Crippen molar-refractivity contribution in [3.8, 4) is 0 Å². The van der Waals surface area contributed by atoms with E-state index in [-0.39, 0.29) is 0 Å². The minimum atomic E-state index is 1.05. The molecule has 0 N–H and O–H groups in total. The van der Waals surface area contributed by atoms with Crippen LogP contribution in [0.4, 0.5) is 0 Å². The lowest BCUT2D eigenvalue weighted by atomic mass is 9.97. The van der Waals surface area contributed by atoms with Gasteiger partial charge >= 0.3 is 5.65 Å². The molecule has 0 spiro atoms. The van der Waals surface area contributed by atoms with Gasteiger partial charge in [-0.05, 0) is 28.3 Å². The van der Waals surface area contributed by atoms with E-state index in [2.05, 4.69) is 95.0 Å². The van der Waals surface area contributed by atoms with Crippen molar-refractivity contribution in [3.63, 3.8) is 0 Å². The Hall–Kier alpha value is -3.46. The summed E-state index contributed by atoms with van der Waals surface area (Å²) in [7, 11) is 2.11. The Kier molecular flexibility index (Phi) is 2.54. The molecule has 0 aliphatic carbocycles. The minimum absolute atomic E-state index is 1.05. The van der Waals surface area contributed by atoms with Crippen molar-refractivity contribution >= 4 is 49.1 Å². The van der Waals surface area contributed by atoms with E-state index < -0.39 is 0 Å². The molecular formula is C23H16N3+. The first-order valence-corrected chi connectivity index (χ1v) is 8.82. The molecule has 122 valence electrons. The summed E-state index contributed by atoms with van der Waals surface area (Å²) < 4.78 is 4.28. The molecule has 0 aliphatic heterocycles. The van der Waals surface area contributed by atoms with Crippen LogP contribution in [0.2, 0.25) is 0 Å². The van der Waals surface area contributed by atoms with Gasteiger partial charge in [-0.1, -0.05) is 70.3 Å². The molecule has 0 fully saturated rings. The first-order chi connectivity index (χ1) is 12.8. The van der Waals surface area contributed by atoms with Gasteiger partial charge in [-0.3, -0.25) is 0 Å². The molecular weight excluding hydrogens is 318 g/mol. The van der Waals surface area contributed by atoms with E-state index in [0.29, 0.717) is 0 Å². The van der Waals surface area contributed by atoms with Crippen LogP contribution in [-0.4, -0.2) is 9.61 Å². The van der Waals surface area contributed by atoms with Gasteiger partial charge in [-0.15, -0.1) is 0 Å². The first kappa shape index (κ1) is 13.8. The molecule has 0 amide bonds. The number of aromatic nitrogens is 3. The zero-order valence-corrected chi connectivity index (χ0v) is 14.3. The zero-order valence-electron chi connectivity index (χ0n) is 14.3. The minimum Gasteiger partial charge on any atom is -0.224 e. The highest BCUT2D eigenvalue weighted by Gasteiger charge is 2.20. The largest absolute Gasteiger partial charge is 0.308 e. The van der Waals surface area contributed by atoms with Gasteiger partial charge in [0.2, 0.25) is 5.52 Å². The van der Waals surface area contributed by atoms with Crippen molar-refractivity contribution < 1.29 is 4.57 Å². The molecule has 0 saturated heterocycles. The predicted octanol–water partition coefficient (Wildman–Crippen LogP) is 4.77. The lowest BCUT2D eigenvalue weighted by Gasteiger charge is -2.08. The van der Waals surface area contributed by atoms with Crippen LogP contribution in [0, 0.1) is 0 Å². The third-order valence-corrected chi connectivity index (χ3v) is 5.45. The third kappa shape index (κ3) is 1.62. The number of aryl methyl sites for hydroxylation is 1. The van der Waals surface area contributed by atoms with Gasteiger partial charge in [0.1, 0.15) is 5.52 Å². The number of para-hydroxylation sites is 2. The highest BCUT2D eigenvalue weighted by Crippen LogP contribution is 2.34. The molecule has 0 radical (unpaired) electrons. The third-order valence-electron chi connectivity index (χ3n) is 5.45. The molecule has 0 atom stereocenters. The van der Waals surface area contributed by atoms with Gasteiger partial charge in [0, 0.05) is 16.8 Å². The Bertz CT molecular complexity index is 1490. The molecule has 2 aromatic heterocycles. The summed E-state index contributed by atoms with van der Waals surface area (Å²) in [6.45, 7) is 0. The molecule has 3 nitrogen and oxygen atoms in total. The Morgan fingerprint density at radius 3 is 2.04 bits per heavy atom. The molecule has 4 aromatic carbocycles. The van der Waals surface area contributed by atoms with E-state index in [4.69, 9.17) is 5.10 Å². The molecule has 6 rings (SSSR count). The van der Waals surface area contributed by atoms with Gasteiger partial charge in [-0.25, -0.2) is 4.57 Å². The van der Waals surface area contributed by atoms with Gasteiger partial charge in [0.15, 0.2) is 5.52 Å². The second-order valence-electron chi connectivity index (χ2n) is 6.82. The van der Waals surface area contributed by atoms with Crippen LogP contribution >= 0.6 is 0 Å². The van der Waals surface area contributed by atoms with Crippen LogP contribution < -0.4 is 4.57 Å². The Balaban J connectivity index is 1.98. The van der Waals surface area contributed by atoms with Gasteiger partial charge in [0.05, 0.1) is 7.05 Å². The molecule has 0 saturated carbocycles. The van der Waals surface area contributed by atoms with Crippen molar-refractivity contribution in [2.45, 2.75) is 0 Å². The maximum absolute atomic E-state index is 5.10. The number of hydrogen-bond acceptors (Lipinski definition) is 1. The highest BCUT2D eigenvalue weighted by molar-refractivity contribution is 6.24. The number of fused-ring (bicyclic) bond motifs is 9. The van der Waals surface area contributed by atoms with Crippen molar-refractivity contribution in [2.75, 3.05) is 0 Å². The number of imidazole rings is 1. The fraction of sp³-hybridized carbons (Fsp3) is 0.0435. The van der Waals surface area contributed by atoms with Crippen LogP contribution in [0.15, 0.2) is 78.9 Å². The molecule has 6 aromatic rings. The van der Waals surface area contributed by atoms with E-state index in [1.807, 2.05) is 0 Å². The number of nitrogens with zero attached hydrogens (tertiary/aromatic N) is 3. The molecule has 2 heterocycles. The van der Waals surface area contributed by atoms with E-state index >= 15 is 0 Å². The van der Waals surface area contributed by atoms with Crippen LogP contribution in [-0.2, 0) is 7.05 Å². The summed E-state index contributed by atoms with van der Waals surface area (Å²) in [5.41, 5.74) is 4.46. The summed E-state index contributed by atoms with van der Waals surface area (Å²) in [4.78, 5) is 0. The van der Waals surface area contributed by atoms with Gasteiger partial charge < -0.3 is 0 Å². The summed E-state index contributed by atoms with van der Waals surface area (Å²) in [6.07, 6.45) is 0. The van der Waals surface area contributed by atoms with Crippen LogP contribution in [0.25, 0.3) is 49.1 Å². The Labute approximate surface area is 149 Å². The van der Waals surface area contributed by atoms with E-state index in [9.17, 15) is 0 Å². The van der Waals surface area contributed by atoms with E-state index in [1.165, 1.54) is 32.4 Å². The fourth-order valence-corrected chi connectivity index (χ4v) is 4.21. The Morgan fingerprint density at radius 2 is 1.27 bits per heavy atom. The quantitative estimate of drug-likeness (QED) is 0.289. The number of rotatable bonds is 0. The monoisotopic (exact) mass is 334 g/mol. The lowest BCUT2D eigenvalue weighted by molar-refractivity contribution is -0.618. The summed E-state index contributed by atoms with van der Waals surface area (Å²) in [6, 6.07) is 27.9. The number of hydrogen-bond donors (Lipinski definition) is 0. The second-order valence-corrected chi connectivity index (χ2v) is 6.82. The number of benzene rings is 4. The summed E-state index contributed by atoms with van der Waals surface area (Å²) in [5.74, 6) is 0. The van der Waals surface area contributed by atoms with Crippen molar-refractivity contribution in [1.82, 2.24) is 9.61 Å². The molecule has 0 aliphatic rings. The molecule has 26 heavy (non-hydrogen) atoms. The predicted molar refractivity (Wildman–Crippen MR) is 106 cm³/mol. The molecule has 3 heteroatoms. The second kappa shape index (κ2) is 4.79. The average Bonchev–Trinajstić information content (AvgIpc) is 2.99. The highest BCUT2D eigenvalue weighted by atomic mass is 15.3. The summed E-state index contributed by atoms with van der Waals surface area (Å²) in [5, 5.41) is 11.3. The first-order valence-electron chi connectivity index (χ1n) is 8.82. The van der Waals surface area contributed by atoms with Gasteiger partial charge in [-0.2, -0.15) is 0 Å². The van der Waals surface area contributed by atoms with Crippen molar-refractivity contribution in [3.05, 3.63) is 78.9 Å². The van der Waals surface area contributed by atoms with Crippen LogP contribution in [0.1, 0.15) is 0 Å². The maximum Gasteiger partial charge on any atom is 0.308 e. The van der Waals surface area contributed by atoms with E-state index in [1.54, 1.807) is 0 Å². The maximum atomic E-state index is 5.10.